The monoisotopic (exact) mass is 384 g/mol. The van der Waals surface area contributed by atoms with Crippen molar-refractivity contribution in [2.45, 2.75) is 31.7 Å². The van der Waals surface area contributed by atoms with Gasteiger partial charge >= 0.3 is 0 Å². The molecule has 1 aromatic heterocycles. The van der Waals surface area contributed by atoms with Gasteiger partial charge in [-0.3, -0.25) is 9.59 Å². The molecule has 0 spiro atoms. The summed E-state index contributed by atoms with van der Waals surface area (Å²) < 4.78 is 0. The predicted octanol–water partition coefficient (Wildman–Crippen LogP) is 2.31. The lowest BCUT2D eigenvalue weighted by atomic mass is 9.77. The molecule has 2 aliphatic heterocycles. The molecule has 4 rings (SSSR count). The molecule has 0 radical (unpaired) electrons. The Morgan fingerprint density at radius 1 is 1.22 bits per heavy atom. The molecule has 6 nitrogen and oxygen atoms in total. The summed E-state index contributed by atoms with van der Waals surface area (Å²) in [4.78, 5) is 32.0. The van der Waals surface area contributed by atoms with E-state index in [1.165, 1.54) is 11.3 Å². The molecule has 2 unspecified atom stereocenters. The molecule has 2 atom stereocenters. The maximum absolute atomic E-state index is 12.7. The smallest absolute Gasteiger partial charge is 0.266 e. The van der Waals surface area contributed by atoms with Crippen molar-refractivity contribution in [3.05, 3.63) is 33.7 Å². The lowest BCUT2D eigenvalue weighted by Gasteiger charge is -2.48. The van der Waals surface area contributed by atoms with E-state index in [0.717, 1.165) is 36.3 Å². The second kappa shape index (κ2) is 7.35. The SMILES string of the molecule is CN1C(=O)C(C#N)=C(N2CCN(C(=O)c3cccs3)CC2)C2CCCCC21. The summed E-state index contributed by atoms with van der Waals surface area (Å²) in [5.74, 6) is 0.178. The number of rotatable bonds is 2. The van der Waals surface area contributed by atoms with Crippen LogP contribution in [-0.4, -0.2) is 65.8 Å². The lowest BCUT2D eigenvalue weighted by Crippen LogP contribution is -2.55. The highest BCUT2D eigenvalue weighted by Gasteiger charge is 2.43. The maximum Gasteiger partial charge on any atom is 0.266 e. The lowest BCUT2D eigenvalue weighted by molar-refractivity contribution is -0.130. The van der Waals surface area contributed by atoms with E-state index in [9.17, 15) is 14.9 Å². The summed E-state index contributed by atoms with van der Waals surface area (Å²) in [5.41, 5.74) is 1.24. The summed E-state index contributed by atoms with van der Waals surface area (Å²) in [6.07, 6.45) is 4.31. The molecule has 27 heavy (non-hydrogen) atoms. The quantitative estimate of drug-likeness (QED) is 0.785. The molecule has 0 bridgehead atoms. The number of fused-ring (bicyclic) bond motifs is 1. The van der Waals surface area contributed by atoms with Gasteiger partial charge in [0.1, 0.15) is 11.6 Å². The molecule has 1 aliphatic carbocycles. The van der Waals surface area contributed by atoms with Gasteiger partial charge in [0.2, 0.25) is 0 Å². The van der Waals surface area contributed by atoms with E-state index < -0.39 is 0 Å². The van der Waals surface area contributed by atoms with Gasteiger partial charge < -0.3 is 14.7 Å². The number of hydrogen-bond acceptors (Lipinski definition) is 5. The molecule has 3 heterocycles. The minimum atomic E-state index is -0.146. The van der Waals surface area contributed by atoms with Gasteiger partial charge in [0.25, 0.3) is 11.8 Å². The largest absolute Gasteiger partial charge is 0.370 e. The Labute approximate surface area is 163 Å². The fourth-order valence-corrected chi connectivity index (χ4v) is 5.41. The van der Waals surface area contributed by atoms with E-state index in [0.29, 0.717) is 31.8 Å². The van der Waals surface area contributed by atoms with Crippen molar-refractivity contribution in [1.29, 1.82) is 5.26 Å². The van der Waals surface area contributed by atoms with Crippen LogP contribution in [0.4, 0.5) is 0 Å². The van der Waals surface area contributed by atoms with Crippen LogP contribution in [0.5, 0.6) is 0 Å². The molecule has 1 saturated heterocycles. The highest BCUT2D eigenvalue weighted by molar-refractivity contribution is 7.12. The Balaban J connectivity index is 1.55. The molecular formula is C20H24N4O2S. The molecule has 3 aliphatic rings. The van der Waals surface area contributed by atoms with Crippen LogP contribution < -0.4 is 0 Å². The standard InChI is InChI=1S/C20H24N4O2S/c1-22-16-6-3-2-5-14(16)18(15(13-21)19(22)25)23-8-10-24(11-9-23)20(26)17-7-4-12-27-17/h4,7,12,14,16H,2-3,5-6,8-11H2,1H3. The van der Waals surface area contributed by atoms with E-state index in [2.05, 4.69) is 11.0 Å². The Hall–Kier alpha value is -2.33. The average Bonchev–Trinajstić information content (AvgIpc) is 3.25. The molecular weight excluding hydrogens is 360 g/mol. The van der Waals surface area contributed by atoms with Gasteiger partial charge in [0.15, 0.2) is 0 Å². The fraction of sp³-hybridized carbons (Fsp3) is 0.550. The highest BCUT2D eigenvalue weighted by atomic mass is 32.1. The first-order valence-corrected chi connectivity index (χ1v) is 10.5. The zero-order valence-corrected chi connectivity index (χ0v) is 16.4. The highest BCUT2D eigenvalue weighted by Crippen LogP contribution is 2.40. The summed E-state index contributed by atoms with van der Waals surface area (Å²) in [5, 5.41) is 11.6. The first-order valence-electron chi connectivity index (χ1n) is 9.61. The number of likely N-dealkylation sites (N-methyl/N-ethyl adjacent to an activating group) is 1. The van der Waals surface area contributed by atoms with Crippen LogP contribution in [0.2, 0.25) is 0 Å². The van der Waals surface area contributed by atoms with Gasteiger partial charge in [-0.1, -0.05) is 18.9 Å². The van der Waals surface area contributed by atoms with Crippen molar-refractivity contribution in [3.63, 3.8) is 0 Å². The Kier molecular flexibility index (Phi) is 4.92. The number of carbonyl (C=O) groups excluding carboxylic acids is 2. The minimum Gasteiger partial charge on any atom is -0.370 e. The van der Waals surface area contributed by atoms with Crippen LogP contribution in [0.3, 0.4) is 0 Å². The number of amides is 2. The van der Waals surface area contributed by atoms with Gasteiger partial charge in [-0.2, -0.15) is 5.26 Å². The third kappa shape index (κ3) is 3.12. The number of thiophene rings is 1. The summed E-state index contributed by atoms with van der Waals surface area (Å²) >= 11 is 1.47. The molecule has 1 aromatic rings. The number of nitrogens with zero attached hydrogens (tertiary/aromatic N) is 4. The van der Waals surface area contributed by atoms with Gasteiger partial charge in [-0.15, -0.1) is 11.3 Å². The summed E-state index contributed by atoms with van der Waals surface area (Å²) in [6, 6.07) is 6.14. The normalized spacial score (nSPS) is 26.1. The number of nitriles is 1. The van der Waals surface area contributed by atoms with Crippen molar-refractivity contribution in [3.8, 4) is 6.07 Å². The van der Waals surface area contributed by atoms with Crippen LogP contribution in [0.15, 0.2) is 28.8 Å². The zero-order chi connectivity index (χ0) is 19.0. The van der Waals surface area contributed by atoms with Crippen molar-refractivity contribution in [2.75, 3.05) is 33.2 Å². The number of carbonyl (C=O) groups is 2. The fourth-order valence-electron chi connectivity index (χ4n) is 4.72. The van der Waals surface area contributed by atoms with E-state index in [1.807, 2.05) is 29.5 Å². The second-order valence-electron chi connectivity index (χ2n) is 7.50. The molecule has 0 N–H and O–H groups in total. The van der Waals surface area contributed by atoms with Crippen molar-refractivity contribution in [2.24, 2.45) is 5.92 Å². The minimum absolute atomic E-state index is 0.0779. The predicted molar refractivity (Wildman–Crippen MR) is 103 cm³/mol. The van der Waals surface area contributed by atoms with Gasteiger partial charge in [-0.05, 0) is 24.3 Å². The topological polar surface area (TPSA) is 67.7 Å². The van der Waals surface area contributed by atoms with Crippen LogP contribution >= 0.6 is 11.3 Å². The van der Waals surface area contributed by atoms with Crippen molar-refractivity contribution < 1.29 is 9.59 Å². The van der Waals surface area contributed by atoms with E-state index >= 15 is 0 Å². The number of hydrogen-bond donors (Lipinski definition) is 0. The van der Waals surface area contributed by atoms with Gasteiger partial charge in [0.05, 0.1) is 4.88 Å². The molecule has 142 valence electrons. The number of piperazine rings is 1. The van der Waals surface area contributed by atoms with Crippen molar-refractivity contribution in [1.82, 2.24) is 14.7 Å². The third-order valence-corrected chi connectivity index (χ3v) is 6.98. The van der Waals surface area contributed by atoms with Crippen LogP contribution in [0, 0.1) is 17.2 Å². The first-order chi connectivity index (χ1) is 13.1. The van der Waals surface area contributed by atoms with Crippen LogP contribution in [0.1, 0.15) is 35.4 Å². The third-order valence-electron chi connectivity index (χ3n) is 6.12. The van der Waals surface area contributed by atoms with Crippen molar-refractivity contribution >= 4 is 23.2 Å². The molecule has 2 fully saturated rings. The molecule has 2 amide bonds. The van der Waals surface area contributed by atoms with Crippen LogP contribution in [0.25, 0.3) is 0 Å². The summed E-state index contributed by atoms with van der Waals surface area (Å²) in [7, 11) is 1.83. The molecule has 1 saturated carbocycles. The first kappa shape index (κ1) is 18.1. The Morgan fingerprint density at radius 2 is 1.96 bits per heavy atom. The Bertz CT molecular complexity index is 802. The molecule has 7 heteroatoms. The van der Waals surface area contributed by atoms with E-state index in [1.54, 1.807) is 4.90 Å². The zero-order valence-electron chi connectivity index (χ0n) is 15.6. The van der Waals surface area contributed by atoms with E-state index in [4.69, 9.17) is 0 Å². The van der Waals surface area contributed by atoms with Crippen LogP contribution in [-0.2, 0) is 4.79 Å². The van der Waals surface area contributed by atoms with Gasteiger partial charge in [0, 0.05) is 50.9 Å². The Morgan fingerprint density at radius 3 is 2.63 bits per heavy atom. The van der Waals surface area contributed by atoms with Gasteiger partial charge in [-0.25, -0.2) is 0 Å². The molecule has 0 aromatic carbocycles. The maximum atomic E-state index is 12.7. The van der Waals surface area contributed by atoms with E-state index in [-0.39, 0.29) is 23.8 Å². The average molecular weight is 385 g/mol. The summed E-state index contributed by atoms with van der Waals surface area (Å²) in [6.45, 7) is 2.61. The second-order valence-corrected chi connectivity index (χ2v) is 8.45.